The summed E-state index contributed by atoms with van der Waals surface area (Å²) >= 11 is 4.97. The van der Waals surface area contributed by atoms with E-state index in [9.17, 15) is 9.59 Å². The number of rotatable bonds is 4. The van der Waals surface area contributed by atoms with Crippen molar-refractivity contribution in [2.45, 2.75) is 25.2 Å². The number of amides is 1. The largest absolute Gasteiger partial charge is 0.496 e. The molecule has 0 saturated carbocycles. The maximum atomic E-state index is 13.1. The summed E-state index contributed by atoms with van der Waals surface area (Å²) in [6.45, 7) is 3.51. The molecular formula is C21H20BrN4O3S+. The van der Waals surface area contributed by atoms with E-state index >= 15 is 0 Å². The Morgan fingerprint density at radius 1 is 1.33 bits per heavy atom. The first-order valence-corrected chi connectivity index (χ1v) is 11.2. The molecule has 7 nitrogen and oxygen atoms in total. The summed E-state index contributed by atoms with van der Waals surface area (Å²) < 4.78 is 7.75. The SMILES string of the molecule is CCSc1n[n+]2c(c(=O)[nH]1)-c1ccccc1N(C(C)=O)C2c1ccc(OC)c(Br)c1. The summed E-state index contributed by atoms with van der Waals surface area (Å²) in [6, 6.07) is 13.0. The quantitative estimate of drug-likeness (QED) is 0.449. The molecule has 154 valence electrons. The molecule has 0 saturated heterocycles. The van der Waals surface area contributed by atoms with Crippen LogP contribution in [0.4, 0.5) is 5.69 Å². The Bertz CT molecular complexity index is 1200. The summed E-state index contributed by atoms with van der Waals surface area (Å²) in [4.78, 5) is 30.4. The molecule has 3 aromatic rings. The van der Waals surface area contributed by atoms with Crippen molar-refractivity contribution in [2.75, 3.05) is 17.8 Å². The topological polar surface area (TPSA) is 79.2 Å². The van der Waals surface area contributed by atoms with Gasteiger partial charge in [0.1, 0.15) is 5.75 Å². The number of nitrogens with zero attached hydrogens (tertiary/aromatic N) is 3. The number of carbonyl (C=O) groups is 1. The Balaban J connectivity index is 2.05. The minimum Gasteiger partial charge on any atom is -0.496 e. The normalized spacial score (nSPS) is 14.8. The van der Waals surface area contributed by atoms with Gasteiger partial charge < -0.3 is 4.74 Å². The molecular weight excluding hydrogens is 468 g/mol. The molecule has 0 bridgehead atoms. The Hall–Kier alpha value is -2.65. The molecule has 30 heavy (non-hydrogen) atoms. The van der Waals surface area contributed by atoms with Crippen molar-refractivity contribution < 1.29 is 14.2 Å². The molecule has 0 radical (unpaired) electrons. The second-order valence-corrected chi connectivity index (χ2v) is 8.77. The van der Waals surface area contributed by atoms with Crippen molar-refractivity contribution in [3.8, 4) is 17.0 Å². The van der Waals surface area contributed by atoms with Gasteiger partial charge in [-0.15, -0.1) is 0 Å². The van der Waals surface area contributed by atoms with Gasteiger partial charge in [0.25, 0.3) is 6.17 Å². The second kappa shape index (κ2) is 8.23. The number of fused-ring (bicyclic) bond motifs is 3. The van der Waals surface area contributed by atoms with E-state index in [1.807, 2.05) is 49.4 Å². The number of anilines is 1. The Labute approximate surface area is 186 Å². The Kier molecular flexibility index (Phi) is 5.66. The number of hydrogen-bond acceptors (Lipinski definition) is 5. The number of methoxy groups -OCH3 is 1. The number of aromatic nitrogens is 3. The summed E-state index contributed by atoms with van der Waals surface area (Å²) in [5, 5.41) is 5.22. The van der Waals surface area contributed by atoms with Gasteiger partial charge in [-0.05, 0) is 56.7 Å². The van der Waals surface area contributed by atoms with E-state index in [4.69, 9.17) is 9.84 Å². The lowest BCUT2D eigenvalue weighted by Gasteiger charge is -2.31. The van der Waals surface area contributed by atoms with Crippen LogP contribution in [-0.2, 0) is 4.79 Å². The number of hydrogen-bond donors (Lipinski definition) is 1. The molecule has 1 aliphatic rings. The molecule has 4 rings (SSSR count). The number of aromatic amines is 1. The lowest BCUT2D eigenvalue weighted by Crippen LogP contribution is -2.60. The molecule has 1 atom stereocenters. The Morgan fingerprint density at radius 2 is 2.10 bits per heavy atom. The fraction of sp³-hybridized carbons (Fsp3) is 0.238. The van der Waals surface area contributed by atoms with Crippen LogP contribution in [0.15, 0.2) is 56.9 Å². The predicted molar refractivity (Wildman–Crippen MR) is 119 cm³/mol. The van der Waals surface area contributed by atoms with Crippen LogP contribution in [0.1, 0.15) is 25.6 Å². The first kappa shape index (κ1) is 20.6. The first-order valence-electron chi connectivity index (χ1n) is 9.37. The molecule has 0 spiro atoms. The lowest BCUT2D eigenvalue weighted by atomic mass is 10.0. The number of nitrogens with one attached hydrogen (secondary N) is 1. The lowest BCUT2D eigenvalue weighted by molar-refractivity contribution is -0.763. The molecule has 1 aromatic heterocycles. The minimum atomic E-state index is -0.617. The van der Waals surface area contributed by atoms with E-state index in [1.165, 1.54) is 18.7 Å². The Morgan fingerprint density at radius 3 is 2.77 bits per heavy atom. The van der Waals surface area contributed by atoms with E-state index in [-0.39, 0.29) is 11.5 Å². The van der Waals surface area contributed by atoms with E-state index in [0.717, 1.165) is 15.8 Å². The van der Waals surface area contributed by atoms with Crippen LogP contribution in [-0.4, -0.2) is 28.9 Å². The highest BCUT2D eigenvalue weighted by atomic mass is 79.9. The molecule has 1 amide bonds. The van der Waals surface area contributed by atoms with Crippen LogP contribution in [0.25, 0.3) is 11.3 Å². The maximum Gasteiger partial charge on any atom is 0.325 e. The predicted octanol–water partition coefficient (Wildman–Crippen LogP) is 3.52. The highest BCUT2D eigenvalue weighted by molar-refractivity contribution is 9.10. The number of ether oxygens (including phenoxy) is 1. The highest BCUT2D eigenvalue weighted by Crippen LogP contribution is 2.38. The van der Waals surface area contributed by atoms with Crippen molar-refractivity contribution >= 4 is 39.3 Å². The zero-order chi connectivity index (χ0) is 21.4. The van der Waals surface area contributed by atoms with Gasteiger partial charge in [-0.1, -0.05) is 30.8 Å². The zero-order valence-corrected chi connectivity index (χ0v) is 19.1. The van der Waals surface area contributed by atoms with Gasteiger partial charge in [0.05, 0.1) is 22.8 Å². The minimum absolute atomic E-state index is 0.149. The molecule has 1 unspecified atom stereocenters. The molecule has 0 fully saturated rings. The van der Waals surface area contributed by atoms with Crippen LogP contribution in [0.5, 0.6) is 5.75 Å². The van der Waals surface area contributed by atoms with E-state index < -0.39 is 6.17 Å². The van der Waals surface area contributed by atoms with Crippen molar-refractivity contribution in [1.29, 1.82) is 0 Å². The maximum absolute atomic E-state index is 13.1. The van der Waals surface area contributed by atoms with Crippen molar-refractivity contribution in [3.63, 3.8) is 0 Å². The van der Waals surface area contributed by atoms with Crippen LogP contribution in [0.2, 0.25) is 0 Å². The average Bonchev–Trinajstić information content (AvgIpc) is 2.72. The van der Waals surface area contributed by atoms with Gasteiger partial charge in [0, 0.05) is 17.6 Å². The van der Waals surface area contributed by atoms with E-state index in [0.29, 0.717) is 27.9 Å². The number of para-hydroxylation sites is 1. The molecule has 2 heterocycles. The third-order valence-electron chi connectivity index (χ3n) is 4.85. The molecule has 9 heteroatoms. The molecule has 0 aliphatic carbocycles. The number of H-pyrrole nitrogens is 1. The highest BCUT2D eigenvalue weighted by Gasteiger charge is 2.44. The monoisotopic (exact) mass is 487 g/mol. The number of benzene rings is 2. The van der Waals surface area contributed by atoms with Gasteiger partial charge >= 0.3 is 11.3 Å². The second-order valence-electron chi connectivity index (χ2n) is 6.66. The molecule has 1 N–H and O–H groups in total. The smallest absolute Gasteiger partial charge is 0.325 e. The van der Waals surface area contributed by atoms with Crippen LogP contribution < -0.4 is 19.9 Å². The number of carbonyl (C=O) groups excluding carboxylic acids is 1. The fourth-order valence-electron chi connectivity index (χ4n) is 3.66. The zero-order valence-electron chi connectivity index (χ0n) is 16.7. The van der Waals surface area contributed by atoms with E-state index in [2.05, 4.69) is 20.9 Å². The van der Waals surface area contributed by atoms with Gasteiger partial charge in [0.2, 0.25) is 11.1 Å². The van der Waals surface area contributed by atoms with Crippen molar-refractivity contribution in [1.82, 2.24) is 10.1 Å². The van der Waals surface area contributed by atoms with Crippen LogP contribution in [0, 0.1) is 0 Å². The molecule has 2 aromatic carbocycles. The van der Waals surface area contributed by atoms with E-state index in [1.54, 1.807) is 16.7 Å². The number of halogens is 1. The van der Waals surface area contributed by atoms with Gasteiger partial charge in [-0.2, -0.15) is 0 Å². The molecule has 1 aliphatic heterocycles. The van der Waals surface area contributed by atoms with Gasteiger partial charge in [-0.25, -0.2) is 4.90 Å². The third kappa shape index (κ3) is 3.41. The summed E-state index contributed by atoms with van der Waals surface area (Å²) in [7, 11) is 1.60. The summed E-state index contributed by atoms with van der Waals surface area (Å²) in [6.07, 6.45) is -0.617. The van der Waals surface area contributed by atoms with Crippen molar-refractivity contribution in [3.05, 3.63) is 62.9 Å². The van der Waals surface area contributed by atoms with Crippen LogP contribution >= 0.6 is 27.7 Å². The summed E-state index contributed by atoms with van der Waals surface area (Å²) in [5.41, 5.74) is 2.31. The average molecular weight is 488 g/mol. The summed E-state index contributed by atoms with van der Waals surface area (Å²) in [5.74, 6) is 1.29. The number of thioether (sulfide) groups is 1. The van der Waals surface area contributed by atoms with Crippen LogP contribution in [0.3, 0.4) is 0 Å². The van der Waals surface area contributed by atoms with Gasteiger partial charge in [-0.3, -0.25) is 14.6 Å². The van der Waals surface area contributed by atoms with Gasteiger partial charge in [0.15, 0.2) is 0 Å². The standard InChI is InChI=1S/C21H19BrN4O3S/c1-4-30-21-23-19(28)18-14-7-5-6-8-16(14)25(12(2)27)20(26(18)24-21)13-9-10-17(29-3)15(22)11-13/h5-11,20H,4H2,1-3H3/p+1. The first-order chi connectivity index (χ1) is 14.5. The van der Waals surface area contributed by atoms with Crippen molar-refractivity contribution in [2.24, 2.45) is 0 Å². The third-order valence-corrected chi connectivity index (χ3v) is 6.22. The fourth-order valence-corrected chi connectivity index (χ4v) is 4.80.